The first-order valence-corrected chi connectivity index (χ1v) is 6.79. The van der Waals surface area contributed by atoms with Gasteiger partial charge in [-0.2, -0.15) is 0 Å². The molecular formula is C14H25NO3. The van der Waals surface area contributed by atoms with Crippen LogP contribution in [0.1, 0.15) is 53.4 Å². The Hall–Kier alpha value is -1.06. The number of amides is 1. The quantitative estimate of drug-likeness (QED) is 0.810. The predicted molar refractivity (Wildman–Crippen MR) is 70.1 cm³/mol. The standard InChI is InChI=1S/C14H25NO3/c1-9(10(2)13(17)18)12(16)15-11-7-5-6-8-14(11,3)4/h9-11H,5-8H2,1-4H3,(H,15,16)(H,17,18). The van der Waals surface area contributed by atoms with Crippen LogP contribution >= 0.6 is 0 Å². The SMILES string of the molecule is CC(C(=O)O)C(C)C(=O)NC1CCCCC1(C)C. The van der Waals surface area contributed by atoms with Crippen molar-refractivity contribution in [3.8, 4) is 0 Å². The molecule has 1 aliphatic rings. The molecule has 0 aliphatic heterocycles. The van der Waals surface area contributed by atoms with E-state index in [0.717, 1.165) is 19.3 Å². The number of hydrogen-bond acceptors (Lipinski definition) is 2. The molecule has 0 aromatic rings. The Bertz CT molecular complexity index is 325. The first-order valence-electron chi connectivity index (χ1n) is 6.79. The summed E-state index contributed by atoms with van der Waals surface area (Å²) in [5.41, 5.74) is 0.111. The Labute approximate surface area is 109 Å². The first-order chi connectivity index (χ1) is 8.25. The maximum absolute atomic E-state index is 12.1. The van der Waals surface area contributed by atoms with Gasteiger partial charge in [-0.3, -0.25) is 9.59 Å². The van der Waals surface area contributed by atoms with Gasteiger partial charge in [0.1, 0.15) is 0 Å². The van der Waals surface area contributed by atoms with E-state index in [9.17, 15) is 9.59 Å². The van der Waals surface area contributed by atoms with Crippen LogP contribution in [0.15, 0.2) is 0 Å². The number of aliphatic carboxylic acids is 1. The maximum atomic E-state index is 12.1. The third-order valence-electron chi connectivity index (χ3n) is 4.38. The Morgan fingerprint density at radius 1 is 1.22 bits per heavy atom. The fraction of sp³-hybridized carbons (Fsp3) is 0.857. The van der Waals surface area contributed by atoms with Crippen LogP contribution in [0.2, 0.25) is 0 Å². The summed E-state index contributed by atoms with van der Waals surface area (Å²) in [7, 11) is 0. The lowest BCUT2D eigenvalue weighted by Crippen LogP contribution is -2.49. The number of carbonyl (C=O) groups is 2. The highest BCUT2D eigenvalue weighted by atomic mass is 16.4. The largest absolute Gasteiger partial charge is 0.481 e. The van der Waals surface area contributed by atoms with Crippen LogP contribution in [0, 0.1) is 17.3 Å². The summed E-state index contributed by atoms with van der Waals surface area (Å²) in [6.45, 7) is 7.60. The van der Waals surface area contributed by atoms with Crippen LogP contribution in [0.5, 0.6) is 0 Å². The van der Waals surface area contributed by atoms with Crippen molar-refractivity contribution in [3.63, 3.8) is 0 Å². The fourth-order valence-electron chi connectivity index (χ4n) is 2.51. The zero-order valence-corrected chi connectivity index (χ0v) is 11.8. The van der Waals surface area contributed by atoms with Gasteiger partial charge >= 0.3 is 5.97 Å². The van der Waals surface area contributed by atoms with Crippen molar-refractivity contribution in [2.24, 2.45) is 17.3 Å². The molecule has 1 saturated carbocycles. The zero-order chi connectivity index (χ0) is 13.9. The molecule has 0 heterocycles. The smallest absolute Gasteiger partial charge is 0.307 e. The number of rotatable bonds is 4. The Kier molecular flexibility index (Phi) is 4.77. The van der Waals surface area contributed by atoms with Crippen molar-refractivity contribution in [2.45, 2.75) is 59.4 Å². The minimum Gasteiger partial charge on any atom is -0.481 e. The Balaban J connectivity index is 2.61. The molecule has 2 N–H and O–H groups in total. The van der Waals surface area contributed by atoms with Crippen molar-refractivity contribution < 1.29 is 14.7 Å². The molecule has 104 valence electrons. The minimum atomic E-state index is -0.916. The van der Waals surface area contributed by atoms with Crippen molar-refractivity contribution in [2.75, 3.05) is 0 Å². The first kappa shape index (κ1) is 15.0. The summed E-state index contributed by atoms with van der Waals surface area (Å²) in [4.78, 5) is 23.0. The summed E-state index contributed by atoms with van der Waals surface area (Å²) in [6, 6.07) is 0.169. The third kappa shape index (κ3) is 3.47. The molecule has 3 unspecified atom stereocenters. The van der Waals surface area contributed by atoms with Crippen LogP contribution in [0.4, 0.5) is 0 Å². The van der Waals surface area contributed by atoms with Crippen LogP contribution in [-0.4, -0.2) is 23.0 Å². The van der Waals surface area contributed by atoms with Gasteiger partial charge in [0, 0.05) is 12.0 Å². The molecular weight excluding hydrogens is 230 g/mol. The molecule has 1 amide bonds. The van der Waals surface area contributed by atoms with E-state index in [-0.39, 0.29) is 17.4 Å². The Morgan fingerprint density at radius 2 is 1.83 bits per heavy atom. The summed E-state index contributed by atoms with van der Waals surface area (Å²) in [5, 5.41) is 12.0. The summed E-state index contributed by atoms with van der Waals surface area (Å²) in [5.74, 6) is -2.18. The van der Waals surface area contributed by atoms with Gasteiger partial charge in [-0.25, -0.2) is 0 Å². The predicted octanol–water partition coefficient (Wildman–Crippen LogP) is 2.43. The normalized spacial score (nSPS) is 26.1. The second-order valence-corrected chi connectivity index (χ2v) is 6.21. The van der Waals surface area contributed by atoms with Gasteiger partial charge in [-0.05, 0) is 18.3 Å². The van der Waals surface area contributed by atoms with Gasteiger partial charge in [-0.15, -0.1) is 0 Å². The van der Waals surface area contributed by atoms with E-state index < -0.39 is 17.8 Å². The molecule has 0 aromatic heterocycles. The Morgan fingerprint density at radius 3 is 2.33 bits per heavy atom. The lowest BCUT2D eigenvalue weighted by atomic mass is 9.73. The van der Waals surface area contributed by atoms with Gasteiger partial charge in [0.25, 0.3) is 0 Å². The van der Waals surface area contributed by atoms with Gasteiger partial charge < -0.3 is 10.4 Å². The highest BCUT2D eigenvalue weighted by Crippen LogP contribution is 2.35. The molecule has 4 heteroatoms. The molecule has 0 aromatic carbocycles. The van der Waals surface area contributed by atoms with E-state index in [1.807, 2.05) is 0 Å². The topological polar surface area (TPSA) is 66.4 Å². The maximum Gasteiger partial charge on any atom is 0.307 e. The lowest BCUT2D eigenvalue weighted by molar-refractivity contribution is -0.146. The van der Waals surface area contributed by atoms with Crippen molar-refractivity contribution in [3.05, 3.63) is 0 Å². The van der Waals surface area contributed by atoms with Crippen LogP contribution in [-0.2, 0) is 9.59 Å². The number of hydrogen-bond donors (Lipinski definition) is 2. The van der Waals surface area contributed by atoms with Crippen molar-refractivity contribution in [1.29, 1.82) is 0 Å². The summed E-state index contributed by atoms with van der Waals surface area (Å²) < 4.78 is 0. The molecule has 0 spiro atoms. The molecule has 0 radical (unpaired) electrons. The molecule has 4 nitrogen and oxygen atoms in total. The van der Waals surface area contributed by atoms with E-state index in [2.05, 4.69) is 19.2 Å². The summed E-state index contributed by atoms with van der Waals surface area (Å²) >= 11 is 0. The molecule has 18 heavy (non-hydrogen) atoms. The van der Waals surface area contributed by atoms with E-state index in [4.69, 9.17) is 5.11 Å². The molecule has 3 atom stereocenters. The van der Waals surface area contributed by atoms with E-state index in [1.54, 1.807) is 13.8 Å². The van der Waals surface area contributed by atoms with Crippen molar-refractivity contribution >= 4 is 11.9 Å². The van der Waals surface area contributed by atoms with Gasteiger partial charge in [-0.1, -0.05) is 40.5 Å². The van der Waals surface area contributed by atoms with Gasteiger partial charge in [0.05, 0.1) is 5.92 Å². The number of carboxylic acids is 1. The van der Waals surface area contributed by atoms with E-state index in [1.165, 1.54) is 6.42 Å². The van der Waals surface area contributed by atoms with Crippen molar-refractivity contribution in [1.82, 2.24) is 5.32 Å². The van der Waals surface area contributed by atoms with E-state index in [0.29, 0.717) is 0 Å². The minimum absolute atomic E-state index is 0.111. The fourth-order valence-corrected chi connectivity index (χ4v) is 2.51. The molecule has 1 fully saturated rings. The van der Waals surface area contributed by atoms with Crippen LogP contribution in [0.3, 0.4) is 0 Å². The second-order valence-electron chi connectivity index (χ2n) is 6.21. The van der Waals surface area contributed by atoms with Gasteiger partial charge in [0.2, 0.25) is 5.91 Å². The third-order valence-corrected chi connectivity index (χ3v) is 4.38. The number of carbonyl (C=O) groups excluding carboxylic acids is 1. The molecule has 0 saturated heterocycles. The summed E-state index contributed by atoms with van der Waals surface area (Å²) in [6.07, 6.45) is 4.45. The average molecular weight is 255 g/mol. The highest BCUT2D eigenvalue weighted by Gasteiger charge is 2.35. The van der Waals surface area contributed by atoms with Crippen LogP contribution < -0.4 is 5.32 Å². The molecule has 1 aliphatic carbocycles. The van der Waals surface area contributed by atoms with Crippen LogP contribution in [0.25, 0.3) is 0 Å². The zero-order valence-electron chi connectivity index (χ0n) is 11.8. The molecule has 0 bridgehead atoms. The van der Waals surface area contributed by atoms with E-state index >= 15 is 0 Å². The lowest BCUT2D eigenvalue weighted by Gasteiger charge is -2.39. The second kappa shape index (κ2) is 5.72. The number of nitrogens with one attached hydrogen (secondary N) is 1. The number of carboxylic acid groups (broad SMARTS) is 1. The highest BCUT2D eigenvalue weighted by molar-refractivity contribution is 5.84. The monoisotopic (exact) mass is 255 g/mol. The molecule has 1 rings (SSSR count). The van der Waals surface area contributed by atoms with Gasteiger partial charge in [0.15, 0.2) is 0 Å². The average Bonchev–Trinajstić information content (AvgIpc) is 2.29.